The second-order valence-corrected chi connectivity index (χ2v) is 7.07. The third-order valence-electron chi connectivity index (χ3n) is 4.50. The number of rotatable bonds is 5. The fraction of sp³-hybridized carbons (Fsp3) is 0.316. The van der Waals surface area contributed by atoms with Gasteiger partial charge in [0, 0.05) is 22.5 Å². The molecule has 0 radical (unpaired) electrons. The number of benzene rings is 1. The Hall–Kier alpha value is -2.60. The summed E-state index contributed by atoms with van der Waals surface area (Å²) >= 11 is 6.17. The summed E-state index contributed by atoms with van der Waals surface area (Å²) in [4.78, 5) is 16.3. The molecule has 1 aliphatic carbocycles. The normalized spacial score (nSPS) is 16.6. The highest BCUT2D eigenvalue weighted by atomic mass is 35.5. The molecule has 1 amide bonds. The fourth-order valence-electron chi connectivity index (χ4n) is 2.53. The lowest BCUT2D eigenvalue weighted by Gasteiger charge is -2.06. The molecule has 1 heterocycles. The lowest BCUT2D eigenvalue weighted by atomic mass is 10.1. The standard InChI is InChI=1S/C19H22ClN5O/c1-11-3-6-15(7-16(11)20)25-10-14(9-23-25)12(2)19(26)24-18(22)8-17(21)13-4-5-13/h3,6-10,12-13H,4-5,21H2,1-2H3,(H2,22,24,26)/b17-8-/t12-/m0/s1. The number of aliphatic imine (C=N–C) groups is 1. The molecule has 0 bridgehead atoms. The molecule has 0 saturated heterocycles. The number of nitrogens with two attached hydrogens (primary N) is 2. The van der Waals surface area contributed by atoms with Gasteiger partial charge in [-0.05, 0) is 56.4 Å². The molecule has 7 heteroatoms. The van der Waals surface area contributed by atoms with Crippen LogP contribution in [0.4, 0.5) is 0 Å². The zero-order chi connectivity index (χ0) is 18.8. The zero-order valence-corrected chi connectivity index (χ0v) is 15.6. The zero-order valence-electron chi connectivity index (χ0n) is 14.8. The van der Waals surface area contributed by atoms with Gasteiger partial charge in [0.15, 0.2) is 0 Å². The number of allylic oxidation sites excluding steroid dienone is 1. The number of carbonyl (C=O) groups is 1. The van der Waals surface area contributed by atoms with Crippen molar-refractivity contribution in [1.29, 1.82) is 0 Å². The van der Waals surface area contributed by atoms with E-state index in [2.05, 4.69) is 10.1 Å². The van der Waals surface area contributed by atoms with Crippen molar-refractivity contribution in [2.45, 2.75) is 32.6 Å². The van der Waals surface area contributed by atoms with Crippen LogP contribution in [-0.4, -0.2) is 21.5 Å². The first-order chi connectivity index (χ1) is 12.3. The van der Waals surface area contributed by atoms with E-state index >= 15 is 0 Å². The second-order valence-electron chi connectivity index (χ2n) is 6.67. The van der Waals surface area contributed by atoms with Gasteiger partial charge in [0.2, 0.25) is 0 Å². The summed E-state index contributed by atoms with van der Waals surface area (Å²) < 4.78 is 1.68. The van der Waals surface area contributed by atoms with Crippen LogP contribution in [0.15, 0.2) is 47.4 Å². The quantitative estimate of drug-likeness (QED) is 0.623. The van der Waals surface area contributed by atoms with Crippen molar-refractivity contribution in [2.24, 2.45) is 22.4 Å². The van der Waals surface area contributed by atoms with E-state index in [1.165, 1.54) is 0 Å². The van der Waals surface area contributed by atoms with E-state index in [1.807, 2.05) is 25.1 Å². The Morgan fingerprint density at radius 2 is 2.15 bits per heavy atom. The Morgan fingerprint density at radius 1 is 1.42 bits per heavy atom. The number of aromatic nitrogens is 2. The minimum Gasteiger partial charge on any atom is -0.402 e. The molecule has 1 aromatic heterocycles. The number of aryl methyl sites for hydroxylation is 1. The van der Waals surface area contributed by atoms with Gasteiger partial charge >= 0.3 is 0 Å². The Bertz CT molecular complexity index is 895. The summed E-state index contributed by atoms with van der Waals surface area (Å²) in [6, 6.07) is 5.68. The number of nitrogens with zero attached hydrogens (tertiary/aromatic N) is 3. The Morgan fingerprint density at radius 3 is 2.81 bits per heavy atom. The van der Waals surface area contributed by atoms with E-state index in [9.17, 15) is 4.79 Å². The maximum absolute atomic E-state index is 12.4. The predicted octanol–water partition coefficient (Wildman–Crippen LogP) is 3.07. The van der Waals surface area contributed by atoms with Crippen molar-refractivity contribution in [1.82, 2.24) is 9.78 Å². The summed E-state index contributed by atoms with van der Waals surface area (Å²) in [5.41, 5.74) is 15.0. The van der Waals surface area contributed by atoms with Crippen molar-refractivity contribution in [3.63, 3.8) is 0 Å². The molecule has 0 unspecified atom stereocenters. The number of amides is 1. The predicted molar refractivity (Wildman–Crippen MR) is 103 cm³/mol. The molecule has 6 nitrogen and oxygen atoms in total. The molecule has 3 rings (SSSR count). The molecule has 0 spiro atoms. The first kappa shape index (κ1) is 18.2. The van der Waals surface area contributed by atoms with Gasteiger partial charge in [-0.1, -0.05) is 17.7 Å². The van der Waals surface area contributed by atoms with E-state index < -0.39 is 5.92 Å². The van der Waals surface area contributed by atoms with Gasteiger partial charge in [-0.15, -0.1) is 0 Å². The average molecular weight is 372 g/mol. The van der Waals surface area contributed by atoms with Crippen molar-refractivity contribution >= 4 is 23.3 Å². The maximum atomic E-state index is 12.4. The van der Waals surface area contributed by atoms with Crippen molar-refractivity contribution in [3.8, 4) is 5.69 Å². The first-order valence-electron chi connectivity index (χ1n) is 8.51. The van der Waals surface area contributed by atoms with Gasteiger partial charge in [0.1, 0.15) is 5.84 Å². The summed E-state index contributed by atoms with van der Waals surface area (Å²) in [6.45, 7) is 3.71. The van der Waals surface area contributed by atoms with Crippen molar-refractivity contribution < 1.29 is 4.79 Å². The molecule has 2 aromatic rings. The molecular weight excluding hydrogens is 350 g/mol. The van der Waals surface area contributed by atoms with E-state index in [1.54, 1.807) is 30.1 Å². The van der Waals surface area contributed by atoms with E-state index in [0.717, 1.165) is 29.7 Å². The Kier molecular flexibility index (Phi) is 5.13. The van der Waals surface area contributed by atoms with E-state index in [-0.39, 0.29) is 11.7 Å². The lowest BCUT2D eigenvalue weighted by molar-refractivity contribution is -0.118. The minimum absolute atomic E-state index is 0.143. The van der Waals surface area contributed by atoms with Gasteiger partial charge in [-0.3, -0.25) is 4.79 Å². The highest BCUT2D eigenvalue weighted by Crippen LogP contribution is 2.33. The molecular formula is C19H22ClN5O. The smallest absolute Gasteiger partial charge is 0.254 e. The van der Waals surface area contributed by atoms with Gasteiger partial charge in [0.05, 0.1) is 17.8 Å². The Labute approximate surface area is 157 Å². The molecule has 0 aliphatic heterocycles. The average Bonchev–Trinajstić information content (AvgIpc) is 3.34. The molecule has 136 valence electrons. The van der Waals surface area contributed by atoms with Crippen LogP contribution in [0, 0.1) is 12.8 Å². The number of amidine groups is 1. The van der Waals surface area contributed by atoms with Gasteiger partial charge < -0.3 is 11.5 Å². The molecule has 26 heavy (non-hydrogen) atoms. The van der Waals surface area contributed by atoms with Crippen molar-refractivity contribution in [2.75, 3.05) is 0 Å². The fourth-order valence-corrected chi connectivity index (χ4v) is 2.70. The minimum atomic E-state index is -0.459. The third-order valence-corrected chi connectivity index (χ3v) is 4.90. The van der Waals surface area contributed by atoms with Crippen LogP contribution in [0.2, 0.25) is 5.02 Å². The lowest BCUT2D eigenvalue weighted by Crippen LogP contribution is -2.17. The molecule has 1 atom stereocenters. The number of halogens is 1. The molecule has 1 aliphatic rings. The third kappa shape index (κ3) is 4.14. The van der Waals surface area contributed by atoms with Crippen LogP contribution in [0.5, 0.6) is 0 Å². The SMILES string of the molecule is Cc1ccc(-n2cc([C@H](C)C(=O)N=C(N)/C=C(\N)C3CC3)cn2)cc1Cl. The van der Waals surface area contributed by atoms with Gasteiger partial charge in [-0.25, -0.2) is 4.68 Å². The topological polar surface area (TPSA) is 99.3 Å². The van der Waals surface area contributed by atoms with Crippen LogP contribution in [0.1, 0.15) is 36.8 Å². The number of hydrogen-bond acceptors (Lipinski definition) is 3. The van der Waals surface area contributed by atoms with Gasteiger partial charge in [0.25, 0.3) is 5.91 Å². The second kappa shape index (κ2) is 7.33. The van der Waals surface area contributed by atoms with Crippen LogP contribution < -0.4 is 11.5 Å². The summed E-state index contributed by atoms with van der Waals surface area (Å²) in [5.74, 6) is -0.262. The summed E-state index contributed by atoms with van der Waals surface area (Å²) in [5, 5.41) is 4.98. The molecule has 1 fully saturated rings. The van der Waals surface area contributed by atoms with E-state index in [0.29, 0.717) is 16.6 Å². The highest BCUT2D eigenvalue weighted by molar-refractivity contribution is 6.31. The van der Waals surface area contributed by atoms with Gasteiger partial charge in [-0.2, -0.15) is 10.1 Å². The summed E-state index contributed by atoms with van der Waals surface area (Å²) in [6.07, 6.45) is 7.17. The number of carbonyl (C=O) groups excluding carboxylic acids is 1. The summed E-state index contributed by atoms with van der Waals surface area (Å²) in [7, 11) is 0. The van der Waals surface area contributed by atoms with Crippen LogP contribution >= 0.6 is 11.6 Å². The Balaban J connectivity index is 1.74. The highest BCUT2D eigenvalue weighted by Gasteiger charge is 2.24. The molecule has 4 N–H and O–H groups in total. The van der Waals surface area contributed by atoms with Crippen molar-refractivity contribution in [3.05, 3.63) is 58.5 Å². The monoisotopic (exact) mass is 371 g/mol. The van der Waals surface area contributed by atoms with Crippen LogP contribution in [0.25, 0.3) is 5.69 Å². The van der Waals surface area contributed by atoms with Crippen LogP contribution in [-0.2, 0) is 4.79 Å². The molecule has 1 aromatic carbocycles. The van der Waals surface area contributed by atoms with E-state index in [4.69, 9.17) is 23.1 Å². The number of hydrogen-bond donors (Lipinski definition) is 2. The first-order valence-corrected chi connectivity index (χ1v) is 8.89. The van der Waals surface area contributed by atoms with Crippen LogP contribution in [0.3, 0.4) is 0 Å². The largest absolute Gasteiger partial charge is 0.402 e. The maximum Gasteiger partial charge on any atom is 0.254 e. The molecule has 1 saturated carbocycles.